The Morgan fingerprint density at radius 1 is 1.60 bits per heavy atom. The number of hydrogen-bond donors (Lipinski definition) is 3. The van der Waals surface area contributed by atoms with E-state index in [4.69, 9.17) is 10.8 Å². The number of hydrogen-bond acceptors (Lipinski definition) is 3. The molecule has 62 valence electrons. The Morgan fingerprint density at radius 2 is 2.30 bits per heavy atom. The topological polar surface area (TPSA) is 58.3 Å². The van der Waals surface area contributed by atoms with Crippen molar-refractivity contribution in [1.82, 2.24) is 5.32 Å². The van der Waals surface area contributed by atoms with Gasteiger partial charge in [0, 0.05) is 6.54 Å². The molecule has 4 heteroatoms. The van der Waals surface area contributed by atoms with Crippen molar-refractivity contribution in [2.45, 2.75) is 12.5 Å². The summed E-state index contributed by atoms with van der Waals surface area (Å²) in [7, 11) is 0. The van der Waals surface area contributed by atoms with E-state index in [-0.39, 0.29) is 0 Å². The van der Waals surface area contributed by atoms with E-state index in [1.165, 1.54) is 0 Å². The van der Waals surface area contributed by atoms with Crippen LogP contribution >= 0.6 is 0 Å². The molecule has 10 heavy (non-hydrogen) atoms. The van der Waals surface area contributed by atoms with Gasteiger partial charge in [-0.3, -0.25) is 0 Å². The minimum Gasteiger partial charge on any atom is -0.389 e. The molecule has 0 radical (unpaired) electrons. The minimum absolute atomic E-state index is 0.316. The number of alkyl halides is 1. The van der Waals surface area contributed by atoms with Crippen molar-refractivity contribution < 1.29 is 9.50 Å². The Kier molecular flexibility index (Phi) is 6.79. The molecule has 0 saturated heterocycles. The maximum Gasteiger partial charge on any atom is 0.117 e. The fourth-order valence-corrected chi connectivity index (χ4v) is 0.550. The molecule has 0 aromatic rings. The zero-order valence-electron chi connectivity index (χ0n) is 6.02. The van der Waals surface area contributed by atoms with E-state index in [9.17, 15) is 4.39 Å². The number of rotatable bonds is 6. The highest BCUT2D eigenvalue weighted by molar-refractivity contribution is 4.56. The van der Waals surface area contributed by atoms with Crippen LogP contribution in [0.1, 0.15) is 6.42 Å². The van der Waals surface area contributed by atoms with E-state index < -0.39 is 12.8 Å². The Hall–Kier alpha value is -0.190. The summed E-state index contributed by atoms with van der Waals surface area (Å²) in [4.78, 5) is 0. The van der Waals surface area contributed by atoms with E-state index in [0.29, 0.717) is 13.1 Å². The third-order valence-corrected chi connectivity index (χ3v) is 1.12. The molecule has 0 saturated carbocycles. The summed E-state index contributed by atoms with van der Waals surface area (Å²) in [6.07, 6.45) is -0.00305. The summed E-state index contributed by atoms with van der Waals surface area (Å²) in [6.45, 7) is 0.998. The second kappa shape index (κ2) is 6.92. The second-order valence-electron chi connectivity index (χ2n) is 2.15. The van der Waals surface area contributed by atoms with Crippen LogP contribution in [0.2, 0.25) is 0 Å². The molecule has 0 amide bonds. The quantitative estimate of drug-likeness (QED) is 0.437. The van der Waals surface area contributed by atoms with Crippen molar-refractivity contribution in [2.24, 2.45) is 5.73 Å². The van der Waals surface area contributed by atoms with Crippen molar-refractivity contribution >= 4 is 0 Å². The maximum atomic E-state index is 11.6. The number of aliphatic hydroxyl groups is 1. The first-order chi connectivity index (χ1) is 4.81. The summed E-state index contributed by atoms with van der Waals surface area (Å²) in [5, 5.41) is 11.6. The summed E-state index contributed by atoms with van der Waals surface area (Å²) < 4.78 is 11.6. The molecule has 1 atom stereocenters. The maximum absolute atomic E-state index is 11.6. The zero-order chi connectivity index (χ0) is 7.82. The molecule has 0 aliphatic heterocycles. The van der Waals surface area contributed by atoms with Crippen molar-refractivity contribution in [3.63, 3.8) is 0 Å². The van der Waals surface area contributed by atoms with Crippen LogP contribution in [-0.2, 0) is 0 Å². The molecular formula is C6H15FN2O. The van der Waals surface area contributed by atoms with E-state index >= 15 is 0 Å². The number of aliphatic hydroxyl groups excluding tert-OH is 1. The summed E-state index contributed by atoms with van der Waals surface area (Å²) in [6, 6.07) is 0. The van der Waals surface area contributed by atoms with Gasteiger partial charge in [0.15, 0.2) is 0 Å². The van der Waals surface area contributed by atoms with Gasteiger partial charge < -0.3 is 16.2 Å². The summed E-state index contributed by atoms with van der Waals surface area (Å²) in [5.41, 5.74) is 5.20. The van der Waals surface area contributed by atoms with Gasteiger partial charge >= 0.3 is 0 Å². The van der Waals surface area contributed by atoms with E-state index in [1.54, 1.807) is 0 Å². The fraction of sp³-hybridized carbons (Fsp3) is 1.00. The molecule has 0 fully saturated rings. The summed E-state index contributed by atoms with van der Waals surface area (Å²) in [5.74, 6) is 0. The zero-order valence-corrected chi connectivity index (χ0v) is 6.02. The largest absolute Gasteiger partial charge is 0.389 e. The monoisotopic (exact) mass is 150 g/mol. The van der Waals surface area contributed by atoms with Gasteiger partial charge in [0.2, 0.25) is 0 Å². The van der Waals surface area contributed by atoms with Crippen LogP contribution in [0.25, 0.3) is 0 Å². The first-order valence-corrected chi connectivity index (χ1v) is 3.46. The average Bonchev–Trinajstić information content (AvgIpc) is 1.98. The van der Waals surface area contributed by atoms with Crippen LogP contribution in [0.15, 0.2) is 0 Å². The van der Waals surface area contributed by atoms with E-state index in [0.717, 1.165) is 13.0 Å². The average molecular weight is 150 g/mol. The Bertz CT molecular complexity index is 72.8. The third-order valence-electron chi connectivity index (χ3n) is 1.12. The molecule has 1 unspecified atom stereocenters. The molecule has 3 nitrogen and oxygen atoms in total. The van der Waals surface area contributed by atoms with Gasteiger partial charge in [-0.25, -0.2) is 4.39 Å². The van der Waals surface area contributed by atoms with Crippen molar-refractivity contribution in [1.29, 1.82) is 0 Å². The molecule has 4 N–H and O–H groups in total. The first kappa shape index (κ1) is 9.81. The summed E-state index contributed by atoms with van der Waals surface area (Å²) >= 11 is 0. The van der Waals surface area contributed by atoms with Gasteiger partial charge in [0.1, 0.15) is 6.67 Å². The van der Waals surface area contributed by atoms with Gasteiger partial charge in [-0.1, -0.05) is 0 Å². The van der Waals surface area contributed by atoms with Crippen LogP contribution in [0.4, 0.5) is 4.39 Å². The lowest BCUT2D eigenvalue weighted by Gasteiger charge is -2.06. The van der Waals surface area contributed by atoms with Crippen molar-refractivity contribution in [3.8, 4) is 0 Å². The molecule has 0 spiro atoms. The standard InChI is InChI=1S/C6H15FN2O/c7-4-6(10)5-9-3-1-2-8/h6,9-10H,1-5,8H2. The Labute approximate surface area is 60.4 Å². The Morgan fingerprint density at radius 3 is 2.80 bits per heavy atom. The molecule has 0 heterocycles. The highest BCUT2D eigenvalue weighted by Gasteiger charge is 1.99. The van der Waals surface area contributed by atoms with Gasteiger partial charge in [-0.15, -0.1) is 0 Å². The number of nitrogens with two attached hydrogens (primary N) is 1. The molecule has 0 aromatic heterocycles. The van der Waals surface area contributed by atoms with Gasteiger partial charge in [0.05, 0.1) is 6.10 Å². The lowest BCUT2D eigenvalue weighted by molar-refractivity contribution is 0.138. The lowest BCUT2D eigenvalue weighted by Crippen LogP contribution is -2.29. The molecule has 0 bridgehead atoms. The SMILES string of the molecule is NCCCNCC(O)CF. The van der Waals surface area contributed by atoms with Crippen molar-refractivity contribution in [3.05, 3.63) is 0 Å². The lowest BCUT2D eigenvalue weighted by atomic mass is 10.3. The third kappa shape index (κ3) is 5.94. The van der Waals surface area contributed by atoms with Crippen LogP contribution in [0, 0.1) is 0 Å². The molecule has 0 aromatic carbocycles. The minimum atomic E-state index is -0.863. The molecule has 0 rings (SSSR count). The van der Waals surface area contributed by atoms with Gasteiger partial charge in [-0.2, -0.15) is 0 Å². The highest BCUT2D eigenvalue weighted by atomic mass is 19.1. The predicted octanol–water partition coefficient (Wildman–Crippen LogP) is -0.745. The van der Waals surface area contributed by atoms with E-state index in [2.05, 4.69) is 5.32 Å². The second-order valence-corrected chi connectivity index (χ2v) is 2.15. The highest BCUT2D eigenvalue weighted by Crippen LogP contribution is 1.80. The van der Waals surface area contributed by atoms with Crippen molar-refractivity contribution in [2.75, 3.05) is 26.3 Å². The Balaban J connectivity index is 2.89. The first-order valence-electron chi connectivity index (χ1n) is 3.46. The molecule has 0 aliphatic carbocycles. The smallest absolute Gasteiger partial charge is 0.117 e. The number of nitrogens with one attached hydrogen (secondary N) is 1. The molecular weight excluding hydrogens is 135 g/mol. The molecule has 0 aliphatic rings. The number of halogens is 1. The van der Waals surface area contributed by atoms with E-state index in [1.807, 2.05) is 0 Å². The normalized spacial score (nSPS) is 13.5. The fourth-order valence-electron chi connectivity index (χ4n) is 0.550. The van der Waals surface area contributed by atoms with Crippen LogP contribution in [0.3, 0.4) is 0 Å². The van der Waals surface area contributed by atoms with Crippen LogP contribution in [-0.4, -0.2) is 37.5 Å². The van der Waals surface area contributed by atoms with Gasteiger partial charge in [0.25, 0.3) is 0 Å². The van der Waals surface area contributed by atoms with Crippen LogP contribution < -0.4 is 11.1 Å². The predicted molar refractivity (Wildman–Crippen MR) is 38.5 cm³/mol. The van der Waals surface area contributed by atoms with Gasteiger partial charge in [-0.05, 0) is 19.5 Å². The van der Waals surface area contributed by atoms with Crippen LogP contribution in [0.5, 0.6) is 0 Å².